The number of benzene rings is 1. The number of hydrogen-bond acceptors (Lipinski definition) is 6. The van der Waals surface area contributed by atoms with Gasteiger partial charge in [-0.3, -0.25) is 0 Å². The van der Waals surface area contributed by atoms with E-state index in [1.165, 1.54) is 43.5 Å². The van der Waals surface area contributed by atoms with Crippen LogP contribution in [0.5, 0.6) is 5.88 Å². The molecule has 0 unspecified atom stereocenters. The number of methoxy groups -OCH3 is 1. The van der Waals surface area contributed by atoms with E-state index in [0.29, 0.717) is 24.9 Å². The van der Waals surface area contributed by atoms with Crippen molar-refractivity contribution in [1.29, 1.82) is 0 Å². The molecule has 1 aromatic carbocycles. The van der Waals surface area contributed by atoms with Crippen LogP contribution in [-0.4, -0.2) is 52.2 Å². The molecule has 0 aliphatic heterocycles. The van der Waals surface area contributed by atoms with Crippen molar-refractivity contribution in [2.24, 2.45) is 0 Å². The van der Waals surface area contributed by atoms with Gasteiger partial charge < -0.3 is 14.8 Å². The summed E-state index contributed by atoms with van der Waals surface area (Å²) in [6.45, 7) is 0.877. The molecule has 0 amide bonds. The van der Waals surface area contributed by atoms with Crippen molar-refractivity contribution in [2.75, 3.05) is 26.5 Å². The van der Waals surface area contributed by atoms with Gasteiger partial charge in [0.05, 0.1) is 19.1 Å². The summed E-state index contributed by atoms with van der Waals surface area (Å²) in [7, 11) is -2.56. The van der Waals surface area contributed by atoms with Gasteiger partial charge in [-0.1, -0.05) is 24.3 Å². The van der Waals surface area contributed by atoms with E-state index in [2.05, 4.69) is 10.3 Å². The fourth-order valence-corrected chi connectivity index (χ4v) is 3.36. The summed E-state index contributed by atoms with van der Waals surface area (Å²) in [6, 6.07) is 5.66. The van der Waals surface area contributed by atoms with Gasteiger partial charge in [0.2, 0.25) is 15.9 Å². The molecule has 32 heavy (non-hydrogen) atoms. The highest BCUT2D eigenvalue weighted by Crippen LogP contribution is 2.33. The minimum atomic E-state index is -4.78. The van der Waals surface area contributed by atoms with E-state index >= 15 is 0 Å². The minimum Gasteiger partial charge on any atom is -0.471 e. The molecule has 2 rings (SSSR count). The van der Waals surface area contributed by atoms with Gasteiger partial charge in [0, 0.05) is 26.3 Å². The van der Waals surface area contributed by atoms with Gasteiger partial charge in [-0.2, -0.15) is 17.9 Å². The quantitative estimate of drug-likeness (QED) is 0.460. The van der Waals surface area contributed by atoms with E-state index in [4.69, 9.17) is 9.47 Å². The fourth-order valence-electron chi connectivity index (χ4n) is 2.67. The van der Waals surface area contributed by atoms with Gasteiger partial charge in [0.1, 0.15) is 18.0 Å². The lowest BCUT2D eigenvalue weighted by Crippen LogP contribution is -2.37. The van der Waals surface area contributed by atoms with Crippen molar-refractivity contribution >= 4 is 22.4 Å². The molecule has 0 aliphatic carbocycles. The first kappa shape index (κ1) is 28.0. The van der Waals surface area contributed by atoms with Crippen molar-refractivity contribution in [2.45, 2.75) is 24.9 Å². The number of halogens is 5. The average molecular weight is 502 g/mol. The SMILES string of the molecule is COC[C@H](CNCc1ccc([C@H](NS(C)(=O)=O)C(F)(F)F)cc1)Oc1ccc(F)cn1.Cl. The van der Waals surface area contributed by atoms with Crippen LogP contribution in [0.1, 0.15) is 17.2 Å². The van der Waals surface area contributed by atoms with Crippen molar-refractivity contribution in [3.63, 3.8) is 0 Å². The predicted octanol–water partition coefficient (Wildman–Crippen LogP) is 2.98. The summed E-state index contributed by atoms with van der Waals surface area (Å²) < 4.78 is 87.4. The first-order valence-corrected chi connectivity index (χ1v) is 11.0. The molecular formula is C19H24ClF4N3O4S. The molecule has 2 N–H and O–H groups in total. The number of hydrogen-bond donors (Lipinski definition) is 2. The van der Waals surface area contributed by atoms with Crippen LogP contribution in [0.25, 0.3) is 0 Å². The summed E-state index contributed by atoms with van der Waals surface area (Å²) in [5, 5.41) is 3.09. The van der Waals surface area contributed by atoms with Crippen molar-refractivity contribution in [1.82, 2.24) is 15.0 Å². The van der Waals surface area contributed by atoms with E-state index in [0.717, 1.165) is 6.20 Å². The van der Waals surface area contributed by atoms with Crippen molar-refractivity contribution in [3.05, 3.63) is 59.5 Å². The van der Waals surface area contributed by atoms with Crippen LogP contribution in [0.4, 0.5) is 17.6 Å². The maximum absolute atomic E-state index is 13.2. The van der Waals surface area contributed by atoms with Gasteiger partial charge in [-0.25, -0.2) is 17.8 Å². The second-order valence-electron chi connectivity index (χ2n) is 6.75. The second kappa shape index (κ2) is 12.3. The molecule has 0 bridgehead atoms. The Morgan fingerprint density at radius 2 is 1.78 bits per heavy atom. The van der Waals surface area contributed by atoms with Gasteiger partial charge in [0.15, 0.2) is 0 Å². The highest BCUT2D eigenvalue weighted by molar-refractivity contribution is 7.88. The average Bonchev–Trinajstić information content (AvgIpc) is 2.67. The molecule has 1 aromatic heterocycles. The van der Waals surface area contributed by atoms with Crippen LogP contribution in [-0.2, 0) is 21.3 Å². The summed E-state index contributed by atoms with van der Waals surface area (Å²) >= 11 is 0. The lowest BCUT2D eigenvalue weighted by molar-refractivity contribution is -0.153. The lowest BCUT2D eigenvalue weighted by Gasteiger charge is -2.21. The van der Waals surface area contributed by atoms with Crippen LogP contribution in [0.3, 0.4) is 0 Å². The molecule has 0 radical (unpaired) electrons. The predicted molar refractivity (Wildman–Crippen MR) is 113 cm³/mol. The van der Waals surface area contributed by atoms with E-state index in [1.807, 2.05) is 0 Å². The highest BCUT2D eigenvalue weighted by Gasteiger charge is 2.42. The molecule has 0 aliphatic rings. The number of rotatable bonds is 11. The minimum absolute atomic E-state index is 0. The normalized spacial score (nSPS) is 13.8. The molecule has 180 valence electrons. The topological polar surface area (TPSA) is 89.6 Å². The molecule has 2 atom stereocenters. The third kappa shape index (κ3) is 9.65. The Morgan fingerprint density at radius 1 is 1.12 bits per heavy atom. The molecule has 0 fully saturated rings. The van der Waals surface area contributed by atoms with E-state index < -0.39 is 34.2 Å². The number of aromatic nitrogens is 1. The zero-order valence-electron chi connectivity index (χ0n) is 17.2. The Bertz CT molecular complexity index is 929. The van der Waals surface area contributed by atoms with Crippen molar-refractivity contribution in [3.8, 4) is 5.88 Å². The first-order chi connectivity index (χ1) is 14.5. The van der Waals surface area contributed by atoms with Crippen molar-refractivity contribution < 1.29 is 35.5 Å². The second-order valence-corrected chi connectivity index (χ2v) is 8.53. The Hall–Kier alpha value is -1.99. The number of nitrogens with one attached hydrogen (secondary N) is 2. The van der Waals surface area contributed by atoms with Gasteiger partial charge in [-0.15, -0.1) is 12.4 Å². The molecule has 13 heteroatoms. The Balaban J connectivity index is 0.00000512. The molecule has 0 spiro atoms. The number of pyridine rings is 1. The Kier molecular flexibility index (Phi) is 10.8. The zero-order valence-corrected chi connectivity index (χ0v) is 18.9. The lowest BCUT2D eigenvalue weighted by atomic mass is 10.1. The summed E-state index contributed by atoms with van der Waals surface area (Å²) in [5.74, 6) is -0.261. The van der Waals surface area contributed by atoms with E-state index in [-0.39, 0.29) is 30.5 Å². The summed E-state index contributed by atoms with van der Waals surface area (Å²) in [6.07, 6.45) is -3.51. The Labute approximate surface area is 190 Å². The molecule has 1 heterocycles. The molecule has 2 aromatic rings. The highest BCUT2D eigenvalue weighted by atomic mass is 35.5. The van der Waals surface area contributed by atoms with Crippen LogP contribution in [0.15, 0.2) is 42.6 Å². The molecule has 0 saturated carbocycles. The van der Waals surface area contributed by atoms with E-state index in [1.54, 1.807) is 4.72 Å². The number of ether oxygens (including phenoxy) is 2. The van der Waals surface area contributed by atoms with Crippen LogP contribution in [0.2, 0.25) is 0 Å². The van der Waals surface area contributed by atoms with Gasteiger partial charge in [0.25, 0.3) is 0 Å². The summed E-state index contributed by atoms with van der Waals surface area (Å²) in [5.41, 5.74) is 0.463. The number of alkyl halides is 3. The standard InChI is InChI=1S/C19H23F4N3O4S.ClH/c1-29-12-16(30-17-8-7-15(20)10-25-17)11-24-9-13-3-5-14(6-4-13)18(19(21,22)23)26-31(2,27)28;/h3-8,10,16,18,24,26H,9,11-12H2,1-2H3;1H/t16-,18-;/m0./s1. The van der Waals surface area contributed by atoms with Crippen LogP contribution >= 0.6 is 12.4 Å². The van der Waals surface area contributed by atoms with E-state index in [9.17, 15) is 26.0 Å². The van der Waals surface area contributed by atoms with Gasteiger partial charge in [-0.05, 0) is 17.2 Å². The first-order valence-electron chi connectivity index (χ1n) is 9.08. The largest absolute Gasteiger partial charge is 0.471 e. The van der Waals surface area contributed by atoms with Crippen LogP contribution in [0, 0.1) is 5.82 Å². The molecular weight excluding hydrogens is 478 g/mol. The smallest absolute Gasteiger partial charge is 0.408 e. The van der Waals surface area contributed by atoms with Crippen LogP contribution < -0.4 is 14.8 Å². The third-order valence-electron chi connectivity index (χ3n) is 4.01. The monoisotopic (exact) mass is 501 g/mol. The number of sulfonamides is 1. The number of nitrogens with zero attached hydrogens (tertiary/aromatic N) is 1. The van der Waals surface area contributed by atoms with Gasteiger partial charge >= 0.3 is 6.18 Å². The fraction of sp³-hybridized carbons (Fsp3) is 0.421. The Morgan fingerprint density at radius 3 is 2.28 bits per heavy atom. The summed E-state index contributed by atoms with van der Waals surface area (Å²) in [4.78, 5) is 3.82. The molecule has 0 saturated heterocycles. The maximum Gasteiger partial charge on any atom is 0.408 e. The third-order valence-corrected chi connectivity index (χ3v) is 4.68. The zero-order chi connectivity index (χ0) is 23.1. The maximum atomic E-state index is 13.2. The molecule has 7 nitrogen and oxygen atoms in total.